The van der Waals surface area contributed by atoms with Gasteiger partial charge in [-0.3, -0.25) is 9.11 Å². The summed E-state index contributed by atoms with van der Waals surface area (Å²) < 4.78 is 31.6. The molecule has 0 saturated heterocycles. The summed E-state index contributed by atoms with van der Waals surface area (Å²) in [6, 6.07) is 10.0. The molecule has 2 N–H and O–H groups in total. The molecule has 0 aliphatic carbocycles. The van der Waals surface area contributed by atoms with Gasteiger partial charge in [0.05, 0.1) is 0 Å². The molecule has 6 heteroatoms. The van der Waals surface area contributed by atoms with Crippen LogP contribution >= 0.6 is 0 Å². The van der Waals surface area contributed by atoms with Gasteiger partial charge in [0.1, 0.15) is 0 Å². The molecule has 0 spiro atoms. The van der Waals surface area contributed by atoms with Crippen LogP contribution in [0, 0.1) is 0 Å². The van der Waals surface area contributed by atoms with E-state index in [0.29, 0.717) is 0 Å². The van der Waals surface area contributed by atoms with E-state index >= 15 is 0 Å². The third-order valence-electron chi connectivity index (χ3n) is 1.04. The van der Waals surface area contributed by atoms with E-state index in [0.717, 1.165) is 0 Å². The van der Waals surface area contributed by atoms with Gasteiger partial charge in [0, 0.05) is 0 Å². The molecule has 0 heterocycles. The number of hydrogen-bond acceptors (Lipinski definition) is 2. The molecule has 0 fully saturated rings. The van der Waals surface area contributed by atoms with Gasteiger partial charge in [0.2, 0.25) is 0 Å². The Morgan fingerprint density at radius 1 is 1.14 bits per heavy atom. The van der Waals surface area contributed by atoms with Crippen molar-refractivity contribution in [3.63, 3.8) is 0 Å². The van der Waals surface area contributed by atoms with E-state index in [1.807, 2.05) is 36.4 Å². The normalized spacial score (nSPS) is 9.00. The molecule has 0 saturated carbocycles. The van der Waals surface area contributed by atoms with E-state index < -0.39 is 10.4 Å². The van der Waals surface area contributed by atoms with Crippen molar-refractivity contribution in [2.75, 3.05) is 0 Å². The Morgan fingerprint density at radius 2 is 1.50 bits per heavy atom. The second-order valence-corrected chi connectivity index (χ2v) is 2.96. The molecule has 1 aromatic carbocycles. The van der Waals surface area contributed by atoms with Crippen LogP contribution in [0.15, 0.2) is 36.9 Å². The fourth-order valence-electron chi connectivity index (χ4n) is 0.589. The Kier molecular flexibility index (Phi) is 10.5. The van der Waals surface area contributed by atoms with Crippen molar-refractivity contribution in [3.8, 4) is 0 Å². The fourth-order valence-corrected chi connectivity index (χ4v) is 0.589. The van der Waals surface area contributed by atoms with Gasteiger partial charge in [0.25, 0.3) is 0 Å². The van der Waals surface area contributed by atoms with Gasteiger partial charge in [-0.05, 0) is 5.56 Å². The van der Waals surface area contributed by atoms with Gasteiger partial charge in [-0.15, -0.1) is 0 Å². The number of benzene rings is 1. The zero-order chi connectivity index (χ0) is 10.3. The minimum atomic E-state index is -4.67. The van der Waals surface area contributed by atoms with Gasteiger partial charge in [-0.1, -0.05) is 43.0 Å². The van der Waals surface area contributed by atoms with Crippen LogP contribution in [-0.4, -0.2) is 68.9 Å². The second kappa shape index (κ2) is 8.75. The molecule has 14 heavy (non-hydrogen) atoms. The summed E-state index contributed by atoms with van der Waals surface area (Å²) in [6.07, 6.45) is 1.83. The fraction of sp³-hybridized carbons (Fsp3) is 0. The Bertz CT molecular complexity index is 339. The predicted octanol–water partition coefficient (Wildman–Crippen LogP) is 1.03. The van der Waals surface area contributed by atoms with Gasteiger partial charge in [-0.25, -0.2) is 0 Å². The number of hydrogen-bond donors (Lipinski definition) is 2. The molecule has 0 amide bonds. The van der Waals surface area contributed by atoms with Crippen molar-refractivity contribution >= 4 is 67.9 Å². The predicted molar refractivity (Wildman–Crippen MR) is 57.9 cm³/mol. The third kappa shape index (κ3) is 15.0. The van der Waals surface area contributed by atoms with Crippen LogP contribution in [0.25, 0.3) is 6.08 Å². The molecular formula is C8H11KO4S. The first-order chi connectivity index (χ1) is 5.93. The second-order valence-electron chi connectivity index (χ2n) is 2.06. The van der Waals surface area contributed by atoms with Crippen molar-refractivity contribution in [2.45, 2.75) is 0 Å². The quantitative estimate of drug-likeness (QED) is 0.570. The van der Waals surface area contributed by atoms with E-state index in [9.17, 15) is 0 Å². The first kappa shape index (κ1) is 16.9. The summed E-state index contributed by atoms with van der Waals surface area (Å²) in [5.74, 6) is 0. The van der Waals surface area contributed by atoms with Gasteiger partial charge in [-0.2, -0.15) is 8.42 Å². The standard InChI is InChI=1S/C8H8.K.H2O4S.H/c1-2-8-6-4-3-5-7-8;;1-5(2,3)4;/h2-7H,1H2;;(H2,1,2,3,4);. The van der Waals surface area contributed by atoms with Gasteiger partial charge < -0.3 is 0 Å². The maximum absolute atomic E-state index is 8.74. The molecule has 0 atom stereocenters. The van der Waals surface area contributed by atoms with Crippen LogP contribution in [0.4, 0.5) is 0 Å². The van der Waals surface area contributed by atoms with Crippen molar-refractivity contribution in [3.05, 3.63) is 42.5 Å². The zero-order valence-electron chi connectivity index (χ0n) is 6.79. The van der Waals surface area contributed by atoms with Crippen LogP contribution < -0.4 is 0 Å². The topological polar surface area (TPSA) is 74.6 Å². The molecule has 1 aromatic rings. The Morgan fingerprint density at radius 3 is 1.71 bits per heavy atom. The van der Waals surface area contributed by atoms with Crippen LogP contribution in [0.2, 0.25) is 0 Å². The molecule has 0 radical (unpaired) electrons. The summed E-state index contributed by atoms with van der Waals surface area (Å²) >= 11 is 0. The molecule has 0 unspecified atom stereocenters. The molecule has 74 valence electrons. The average Bonchev–Trinajstić information content (AvgIpc) is 2.03. The van der Waals surface area contributed by atoms with E-state index in [4.69, 9.17) is 17.5 Å². The van der Waals surface area contributed by atoms with E-state index in [2.05, 4.69) is 6.58 Å². The molecule has 0 bridgehead atoms. The Hall–Kier alpha value is 0.466. The third-order valence-corrected chi connectivity index (χ3v) is 1.04. The first-order valence-electron chi connectivity index (χ1n) is 3.31. The van der Waals surface area contributed by atoms with Crippen LogP contribution in [0.1, 0.15) is 5.56 Å². The van der Waals surface area contributed by atoms with E-state index in [1.165, 1.54) is 5.56 Å². The SMILES string of the molecule is C=Cc1ccccc1.O=S(=O)(O)O.[KH]. The van der Waals surface area contributed by atoms with E-state index in [-0.39, 0.29) is 51.4 Å². The zero-order valence-corrected chi connectivity index (χ0v) is 7.61. The van der Waals surface area contributed by atoms with Crippen LogP contribution in [-0.2, 0) is 10.4 Å². The summed E-state index contributed by atoms with van der Waals surface area (Å²) in [5.41, 5.74) is 1.17. The van der Waals surface area contributed by atoms with Crippen molar-refractivity contribution < 1.29 is 17.5 Å². The average molecular weight is 242 g/mol. The molecule has 1 rings (SSSR count). The molecule has 0 aliphatic heterocycles. The first-order valence-corrected chi connectivity index (χ1v) is 4.70. The summed E-state index contributed by atoms with van der Waals surface area (Å²) in [6.45, 7) is 3.63. The molecular weight excluding hydrogens is 231 g/mol. The van der Waals surface area contributed by atoms with Crippen molar-refractivity contribution in [2.24, 2.45) is 0 Å². The molecule has 0 aromatic heterocycles. The summed E-state index contributed by atoms with van der Waals surface area (Å²) in [7, 11) is -4.67. The van der Waals surface area contributed by atoms with Gasteiger partial charge >= 0.3 is 61.8 Å². The van der Waals surface area contributed by atoms with Crippen molar-refractivity contribution in [1.29, 1.82) is 0 Å². The monoisotopic (exact) mass is 242 g/mol. The number of rotatable bonds is 1. The Balaban J connectivity index is 0. The summed E-state index contributed by atoms with van der Waals surface area (Å²) in [5, 5.41) is 0. The maximum atomic E-state index is 8.74. The van der Waals surface area contributed by atoms with E-state index in [1.54, 1.807) is 0 Å². The van der Waals surface area contributed by atoms with Crippen LogP contribution in [0.5, 0.6) is 0 Å². The van der Waals surface area contributed by atoms with Crippen molar-refractivity contribution in [1.82, 2.24) is 0 Å². The molecule has 0 aliphatic rings. The minimum absolute atomic E-state index is 0. The van der Waals surface area contributed by atoms with Crippen LogP contribution in [0.3, 0.4) is 0 Å². The summed E-state index contributed by atoms with van der Waals surface area (Å²) in [4.78, 5) is 0. The molecule has 4 nitrogen and oxygen atoms in total. The van der Waals surface area contributed by atoms with Gasteiger partial charge in [0.15, 0.2) is 0 Å². The Labute approximate surface area is 126 Å².